The van der Waals surface area contributed by atoms with Gasteiger partial charge in [-0.2, -0.15) is 0 Å². The monoisotopic (exact) mass is 254 g/mol. The third-order valence-corrected chi connectivity index (χ3v) is 3.13. The van der Waals surface area contributed by atoms with E-state index in [-0.39, 0.29) is 5.97 Å². The number of ether oxygens (including phenoxy) is 1. The molecule has 0 aliphatic heterocycles. The molecular formula is C17H18O2. The summed E-state index contributed by atoms with van der Waals surface area (Å²) in [6.07, 6.45) is 0. The van der Waals surface area contributed by atoms with Crippen LogP contribution < -0.4 is 0 Å². The van der Waals surface area contributed by atoms with E-state index >= 15 is 0 Å². The highest BCUT2D eigenvalue weighted by Crippen LogP contribution is 2.31. The zero-order valence-electron chi connectivity index (χ0n) is 11.6. The van der Waals surface area contributed by atoms with Gasteiger partial charge in [0.05, 0.1) is 0 Å². The van der Waals surface area contributed by atoms with Gasteiger partial charge in [-0.15, -0.1) is 0 Å². The van der Waals surface area contributed by atoms with Crippen molar-refractivity contribution in [2.75, 3.05) is 0 Å². The first-order valence-corrected chi connectivity index (χ1v) is 6.29. The summed E-state index contributed by atoms with van der Waals surface area (Å²) < 4.78 is 5.55. The molecule has 0 unspecified atom stereocenters. The van der Waals surface area contributed by atoms with E-state index < -0.39 is 5.60 Å². The van der Waals surface area contributed by atoms with Crippen LogP contribution in [-0.4, -0.2) is 5.97 Å². The third kappa shape index (κ3) is 2.68. The van der Waals surface area contributed by atoms with Crippen LogP contribution in [0.3, 0.4) is 0 Å². The number of hydrogen-bond acceptors (Lipinski definition) is 2. The first-order valence-electron chi connectivity index (χ1n) is 6.29. The van der Waals surface area contributed by atoms with Gasteiger partial charge in [-0.25, -0.2) is 4.79 Å². The molecule has 2 rings (SSSR count). The molecule has 2 heteroatoms. The summed E-state index contributed by atoms with van der Waals surface area (Å²) in [7, 11) is 0. The van der Waals surface area contributed by atoms with Gasteiger partial charge in [-0.05, 0) is 31.5 Å². The Hall–Kier alpha value is -2.09. The molecule has 0 heterocycles. The van der Waals surface area contributed by atoms with Crippen molar-refractivity contribution in [2.45, 2.75) is 26.4 Å². The molecule has 98 valence electrons. The number of rotatable bonds is 3. The summed E-state index contributed by atoms with van der Waals surface area (Å²) in [6.45, 7) is 9.07. The lowest BCUT2D eigenvalue weighted by Gasteiger charge is -2.27. The Morgan fingerprint density at radius 1 is 1.11 bits per heavy atom. The van der Waals surface area contributed by atoms with Crippen LogP contribution in [0.1, 0.15) is 26.3 Å². The fraction of sp³-hybridized carbons (Fsp3) is 0.235. The molecule has 0 atom stereocenters. The smallest absolute Gasteiger partial charge is 0.333 e. The maximum absolute atomic E-state index is 11.7. The molecule has 0 aliphatic carbocycles. The van der Waals surface area contributed by atoms with E-state index in [1.165, 1.54) is 0 Å². The number of carbonyl (C=O) groups is 1. The van der Waals surface area contributed by atoms with Gasteiger partial charge in [-0.3, -0.25) is 0 Å². The first kappa shape index (κ1) is 13.3. The lowest BCUT2D eigenvalue weighted by Crippen LogP contribution is -2.26. The van der Waals surface area contributed by atoms with E-state index in [0.29, 0.717) is 5.57 Å². The maximum Gasteiger partial charge on any atom is 0.333 e. The quantitative estimate of drug-likeness (QED) is 0.606. The van der Waals surface area contributed by atoms with Crippen molar-refractivity contribution in [1.82, 2.24) is 0 Å². The molecular weight excluding hydrogens is 236 g/mol. The Bertz CT molecular complexity index is 633. The van der Waals surface area contributed by atoms with Crippen LogP contribution in [0, 0.1) is 0 Å². The molecule has 2 aromatic rings. The number of fused-ring (bicyclic) bond motifs is 1. The van der Waals surface area contributed by atoms with Crippen LogP contribution in [0.5, 0.6) is 0 Å². The van der Waals surface area contributed by atoms with Crippen LogP contribution in [0.15, 0.2) is 54.6 Å². The second kappa shape index (κ2) is 4.88. The van der Waals surface area contributed by atoms with Crippen molar-refractivity contribution in [2.24, 2.45) is 0 Å². The number of carbonyl (C=O) groups excluding carboxylic acids is 1. The molecule has 0 amide bonds. The molecule has 0 radical (unpaired) electrons. The van der Waals surface area contributed by atoms with Gasteiger partial charge in [0.15, 0.2) is 0 Å². The van der Waals surface area contributed by atoms with Crippen LogP contribution in [0.4, 0.5) is 0 Å². The fourth-order valence-corrected chi connectivity index (χ4v) is 2.12. The number of benzene rings is 2. The molecule has 2 aromatic carbocycles. The van der Waals surface area contributed by atoms with Crippen LogP contribution >= 0.6 is 0 Å². The van der Waals surface area contributed by atoms with Crippen molar-refractivity contribution in [1.29, 1.82) is 0 Å². The van der Waals surface area contributed by atoms with E-state index in [9.17, 15) is 4.79 Å². The molecule has 19 heavy (non-hydrogen) atoms. The van der Waals surface area contributed by atoms with E-state index in [2.05, 4.69) is 18.7 Å². The van der Waals surface area contributed by atoms with Gasteiger partial charge >= 0.3 is 5.97 Å². The first-order chi connectivity index (χ1) is 8.92. The van der Waals surface area contributed by atoms with Crippen LogP contribution in [-0.2, 0) is 15.1 Å². The Kier molecular flexibility index (Phi) is 3.43. The fourth-order valence-electron chi connectivity index (χ4n) is 2.12. The van der Waals surface area contributed by atoms with E-state index in [1.54, 1.807) is 6.92 Å². The van der Waals surface area contributed by atoms with E-state index in [0.717, 1.165) is 16.3 Å². The third-order valence-electron chi connectivity index (χ3n) is 3.13. The maximum atomic E-state index is 11.7. The van der Waals surface area contributed by atoms with Gasteiger partial charge < -0.3 is 4.74 Å². The average molecular weight is 254 g/mol. The van der Waals surface area contributed by atoms with Crippen molar-refractivity contribution in [3.8, 4) is 0 Å². The Morgan fingerprint density at radius 2 is 1.74 bits per heavy atom. The summed E-state index contributed by atoms with van der Waals surface area (Å²) in [5.41, 5.74) is 0.727. The molecule has 0 aromatic heterocycles. The largest absolute Gasteiger partial charge is 0.451 e. The van der Waals surface area contributed by atoms with Gasteiger partial charge in [0.25, 0.3) is 0 Å². The molecule has 0 spiro atoms. The summed E-state index contributed by atoms with van der Waals surface area (Å²) in [6, 6.07) is 14.1. The van der Waals surface area contributed by atoms with Crippen molar-refractivity contribution < 1.29 is 9.53 Å². The highest BCUT2D eigenvalue weighted by atomic mass is 16.6. The Morgan fingerprint density at radius 3 is 2.42 bits per heavy atom. The second-order valence-corrected chi connectivity index (χ2v) is 5.21. The van der Waals surface area contributed by atoms with Crippen molar-refractivity contribution in [3.63, 3.8) is 0 Å². The van der Waals surface area contributed by atoms with Crippen molar-refractivity contribution in [3.05, 3.63) is 60.2 Å². The zero-order valence-corrected chi connectivity index (χ0v) is 11.6. The second-order valence-electron chi connectivity index (χ2n) is 5.21. The lowest BCUT2D eigenvalue weighted by atomic mass is 9.92. The number of hydrogen-bond donors (Lipinski definition) is 0. The predicted molar refractivity (Wildman–Crippen MR) is 77.9 cm³/mol. The van der Waals surface area contributed by atoms with Crippen LogP contribution in [0.2, 0.25) is 0 Å². The predicted octanol–water partition coefficient (Wildman–Crippen LogP) is 4.19. The van der Waals surface area contributed by atoms with E-state index in [1.807, 2.05) is 44.2 Å². The minimum Gasteiger partial charge on any atom is -0.451 e. The minimum absolute atomic E-state index is 0.363. The summed E-state index contributed by atoms with van der Waals surface area (Å²) >= 11 is 0. The molecule has 0 aliphatic rings. The molecule has 0 bridgehead atoms. The highest BCUT2D eigenvalue weighted by Gasteiger charge is 2.27. The molecule has 0 saturated carbocycles. The summed E-state index contributed by atoms with van der Waals surface area (Å²) in [5.74, 6) is -0.363. The Balaban J connectivity index is 2.48. The highest BCUT2D eigenvalue weighted by molar-refractivity contribution is 5.89. The SMILES string of the molecule is C=C(C)C(=O)OC(C)(C)c1cccc2ccccc12. The molecule has 0 saturated heterocycles. The van der Waals surface area contributed by atoms with Gasteiger partial charge in [0.1, 0.15) is 5.60 Å². The number of esters is 1. The van der Waals surface area contributed by atoms with Gasteiger partial charge in [-0.1, -0.05) is 49.0 Å². The standard InChI is InChI=1S/C17H18O2/c1-12(2)16(18)19-17(3,4)15-11-7-9-13-8-5-6-10-14(13)15/h5-11H,1H2,2-4H3. The summed E-state index contributed by atoms with van der Waals surface area (Å²) in [4.78, 5) is 11.7. The van der Waals surface area contributed by atoms with Gasteiger partial charge in [0, 0.05) is 11.1 Å². The minimum atomic E-state index is -0.684. The normalized spacial score (nSPS) is 11.3. The average Bonchev–Trinajstić information content (AvgIpc) is 2.37. The molecule has 0 fully saturated rings. The Labute approximate surface area is 113 Å². The zero-order chi connectivity index (χ0) is 14.0. The lowest BCUT2D eigenvalue weighted by molar-refractivity contribution is -0.152. The van der Waals surface area contributed by atoms with Crippen LogP contribution in [0.25, 0.3) is 10.8 Å². The van der Waals surface area contributed by atoms with Gasteiger partial charge in [0.2, 0.25) is 0 Å². The van der Waals surface area contributed by atoms with Crippen molar-refractivity contribution >= 4 is 16.7 Å². The molecule has 0 N–H and O–H groups in total. The van der Waals surface area contributed by atoms with E-state index in [4.69, 9.17) is 4.74 Å². The topological polar surface area (TPSA) is 26.3 Å². The summed E-state index contributed by atoms with van der Waals surface area (Å²) in [5, 5.41) is 2.24. The molecule has 2 nitrogen and oxygen atoms in total.